The van der Waals surface area contributed by atoms with Crippen LogP contribution in [0, 0.1) is 0 Å². The molecule has 0 bridgehead atoms. The Balaban J connectivity index is 2.63. The van der Waals surface area contributed by atoms with E-state index in [4.69, 9.17) is 5.73 Å². The van der Waals surface area contributed by atoms with E-state index in [1.54, 1.807) is 0 Å². The highest BCUT2D eigenvalue weighted by atomic mass is 32.2. The van der Waals surface area contributed by atoms with Crippen LogP contribution in [0.2, 0.25) is 0 Å². The van der Waals surface area contributed by atoms with Crippen LogP contribution in [0.1, 0.15) is 0 Å². The average molecular weight is 204 g/mol. The maximum atomic E-state index is 11.1. The van der Waals surface area contributed by atoms with E-state index in [1.807, 2.05) is 0 Å². The summed E-state index contributed by atoms with van der Waals surface area (Å²) in [5.41, 5.74) is 5.53. The van der Waals surface area contributed by atoms with Crippen molar-refractivity contribution in [3.8, 4) is 0 Å². The van der Waals surface area contributed by atoms with Crippen molar-refractivity contribution in [1.82, 2.24) is 5.32 Å². The Bertz CT molecular complexity index is 323. The molecule has 0 radical (unpaired) electrons. The molecule has 3 N–H and O–H groups in total. The van der Waals surface area contributed by atoms with Crippen molar-refractivity contribution in [3.05, 3.63) is 12.7 Å². The second kappa shape index (κ2) is 3.47. The molecule has 1 amide bonds. The number of sulfone groups is 1. The van der Waals surface area contributed by atoms with E-state index in [1.165, 1.54) is 0 Å². The summed E-state index contributed by atoms with van der Waals surface area (Å²) in [4.78, 5) is 10.8. The van der Waals surface area contributed by atoms with E-state index in [9.17, 15) is 13.2 Å². The van der Waals surface area contributed by atoms with Crippen LogP contribution < -0.4 is 11.1 Å². The molecule has 1 aliphatic heterocycles. The molecule has 0 saturated carbocycles. The molecule has 13 heavy (non-hydrogen) atoms. The van der Waals surface area contributed by atoms with Crippen LogP contribution in [0.4, 0.5) is 0 Å². The lowest BCUT2D eigenvalue weighted by Crippen LogP contribution is -2.46. The fourth-order valence-electron chi connectivity index (χ4n) is 1.26. The van der Waals surface area contributed by atoms with Gasteiger partial charge in [0.05, 0.1) is 17.5 Å². The normalized spacial score (nSPS) is 31.2. The van der Waals surface area contributed by atoms with Gasteiger partial charge in [0.2, 0.25) is 5.91 Å². The minimum atomic E-state index is -3.07. The Morgan fingerprint density at radius 2 is 2.15 bits per heavy atom. The lowest BCUT2D eigenvalue weighted by molar-refractivity contribution is -0.117. The molecular weight excluding hydrogens is 192 g/mol. The summed E-state index contributed by atoms with van der Waals surface area (Å²) in [7, 11) is -3.07. The van der Waals surface area contributed by atoms with E-state index >= 15 is 0 Å². The molecule has 6 heteroatoms. The van der Waals surface area contributed by atoms with Gasteiger partial charge in [-0.25, -0.2) is 8.42 Å². The van der Waals surface area contributed by atoms with E-state index in [0.717, 1.165) is 6.08 Å². The first-order chi connectivity index (χ1) is 5.94. The van der Waals surface area contributed by atoms with E-state index in [0.29, 0.717) is 0 Å². The molecule has 1 fully saturated rings. The maximum absolute atomic E-state index is 11.1. The number of nitrogens with two attached hydrogens (primary N) is 1. The zero-order valence-corrected chi connectivity index (χ0v) is 7.88. The van der Waals surface area contributed by atoms with Crippen molar-refractivity contribution < 1.29 is 13.2 Å². The topological polar surface area (TPSA) is 89.3 Å². The monoisotopic (exact) mass is 204 g/mol. The number of hydrogen-bond donors (Lipinski definition) is 2. The van der Waals surface area contributed by atoms with Crippen LogP contribution in [0.3, 0.4) is 0 Å². The standard InChI is InChI=1S/C7H12N2O3S/c1-2-7(10)9-6-4-13(11,12)3-5(6)8/h2,5-6H,1,3-4,8H2,(H,9,10)/t5-,6+/m0/s1. The Morgan fingerprint density at radius 1 is 1.54 bits per heavy atom. The lowest BCUT2D eigenvalue weighted by Gasteiger charge is -2.13. The van der Waals surface area contributed by atoms with Crippen LogP contribution >= 0.6 is 0 Å². The van der Waals surface area contributed by atoms with Gasteiger partial charge in [-0.3, -0.25) is 4.79 Å². The van der Waals surface area contributed by atoms with E-state index < -0.39 is 27.8 Å². The van der Waals surface area contributed by atoms with Crippen LogP contribution in [0.25, 0.3) is 0 Å². The summed E-state index contributed by atoms with van der Waals surface area (Å²) in [5, 5.41) is 2.47. The van der Waals surface area contributed by atoms with Gasteiger partial charge in [0, 0.05) is 6.04 Å². The highest BCUT2D eigenvalue weighted by Gasteiger charge is 2.35. The quantitative estimate of drug-likeness (QED) is 0.531. The predicted octanol–water partition coefficient (Wildman–Crippen LogP) is -1.59. The van der Waals surface area contributed by atoms with E-state index in [-0.39, 0.29) is 11.5 Å². The number of nitrogens with one attached hydrogen (secondary N) is 1. The Labute approximate surface area is 76.9 Å². The van der Waals surface area contributed by atoms with Gasteiger partial charge in [-0.05, 0) is 6.08 Å². The second-order valence-electron chi connectivity index (χ2n) is 3.06. The third kappa shape index (κ3) is 2.53. The molecule has 0 unspecified atom stereocenters. The first-order valence-corrected chi connectivity index (χ1v) is 5.65. The first-order valence-electron chi connectivity index (χ1n) is 3.83. The molecule has 1 aliphatic rings. The zero-order valence-electron chi connectivity index (χ0n) is 7.06. The molecule has 74 valence electrons. The van der Waals surface area contributed by atoms with Gasteiger partial charge in [-0.2, -0.15) is 0 Å². The minimum absolute atomic E-state index is 0.0604. The third-order valence-electron chi connectivity index (χ3n) is 1.91. The lowest BCUT2D eigenvalue weighted by atomic mass is 10.2. The molecule has 0 spiro atoms. The Hall–Kier alpha value is -0.880. The molecule has 0 aromatic carbocycles. The van der Waals surface area contributed by atoms with Crippen molar-refractivity contribution in [2.24, 2.45) is 5.73 Å². The summed E-state index contributed by atoms with van der Waals surface area (Å²) in [6.45, 7) is 3.26. The van der Waals surface area contributed by atoms with Crippen molar-refractivity contribution in [2.75, 3.05) is 11.5 Å². The van der Waals surface area contributed by atoms with Crippen LogP contribution in [0.5, 0.6) is 0 Å². The van der Waals surface area contributed by atoms with Gasteiger partial charge in [0.15, 0.2) is 9.84 Å². The number of carbonyl (C=O) groups is 1. The average Bonchev–Trinajstić information content (AvgIpc) is 2.24. The zero-order chi connectivity index (χ0) is 10.1. The SMILES string of the molecule is C=CC(=O)N[C@@H]1CS(=O)(=O)C[C@@H]1N. The molecule has 0 aromatic rings. The Morgan fingerprint density at radius 3 is 2.54 bits per heavy atom. The molecular formula is C7H12N2O3S. The number of hydrogen-bond acceptors (Lipinski definition) is 4. The largest absolute Gasteiger partial charge is 0.347 e. The maximum Gasteiger partial charge on any atom is 0.243 e. The highest BCUT2D eigenvalue weighted by Crippen LogP contribution is 2.10. The summed E-state index contributed by atoms with van der Waals surface area (Å²) in [6.07, 6.45) is 1.09. The van der Waals surface area contributed by atoms with Crippen molar-refractivity contribution >= 4 is 15.7 Å². The summed E-state index contributed by atoms with van der Waals surface area (Å²) in [5.74, 6) is -0.527. The predicted molar refractivity (Wildman–Crippen MR) is 48.8 cm³/mol. The molecule has 0 aromatic heterocycles. The molecule has 2 atom stereocenters. The fourth-order valence-corrected chi connectivity index (χ4v) is 3.10. The van der Waals surface area contributed by atoms with Crippen molar-refractivity contribution in [3.63, 3.8) is 0 Å². The Kier molecular flexibility index (Phi) is 2.72. The minimum Gasteiger partial charge on any atom is -0.347 e. The summed E-state index contributed by atoms with van der Waals surface area (Å²) < 4.78 is 22.1. The first kappa shape index (κ1) is 10.2. The van der Waals surface area contributed by atoms with E-state index in [2.05, 4.69) is 11.9 Å². The smallest absolute Gasteiger partial charge is 0.243 e. The fraction of sp³-hybridized carbons (Fsp3) is 0.571. The van der Waals surface area contributed by atoms with Crippen LogP contribution in [-0.2, 0) is 14.6 Å². The van der Waals surface area contributed by atoms with Gasteiger partial charge < -0.3 is 11.1 Å². The van der Waals surface area contributed by atoms with Crippen LogP contribution in [0.15, 0.2) is 12.7 Å². The number of carbonyl (C=O) groups excluding carboxylic acids is 1. The van der Waals surface area contributed by atoms with Gasteiger partial charge in [-0.1, -0.05) is 6.58 Å². The number of amides is 1. The molecule has 5 nitrogen and oxygen atoms in total. The third-order valence-corrected chi connectivity index (χ3v) is 3.67. The molecule has 1 rings (SSSR count). The van der Waals surface area contributed by atoms with Crippen LogP contribution in [-0.4, -0.2) is 37.9 Å². The summed E-state index contributed by atoms with van der Waals surface area (Å²) >= 11 is 0. The molecule has 1 heterocycles. The molecule has 0 aliphatic carbocycles. The number of rotatable bonds is 2. The highest BCUT2D eigenvalue weighted by molar-refractivity contribution is 7.91. The van der Waals surface area contributed by atoms with Crippen molar-refractivity contribution in [2.45, 2.75) is 12.1 Å². The van der Waals surface area contributed by atoms with Gasteiger partial charge in [0.25, 0.3) is 0 Å². The molecule has 1 saturated heterocycles. The van der Waals surface area contributed by atoms with Gasteiger partial charge >= 0.3 is 0 Å². The van der Waals surface area contributed by atoms with Crippen molar-refractivity contribution in [1.29, 1.82) is 0 Å². The second-order valence-corrected chi connectivity index (χ2v) is 5.21. The van der Waals surface area contributed by atoms with Gasteiger partial charge in [0.1, 0.15) is 0 Å². The van der Waals surface area contributed by atoms with Gasteiger partial charge in [-0.15, -0.1) is 0 Å². The summed E-state index contributed by atoms with van der Waals surface area (Å²) in [6, 6.07) is -0.982.